The molecule has 2 saturated carbocycles. The van der Waals surface area contributed by atoms with Crippen LogP contribution in [0.4, 0.5) is 5.69 Å². The van der Waals surface area contributed by atoms with Gasteiger partial charge in [0, 0.05) is 18.7 Å². The summed E-state index contributed by atoms with van der Waals surface area (Å²) in [6.45, 7) is 2.52. The number of nitrogens with zero attached hydrogens (tertiary/aromatic N) is 1. The van der Waals surface area contributed by atoms with E-state index >= 15 is 0 Å². The van der Waals surface area contributed by atoms with E-state index in [1.165, 1.54) is 4.90 Å². The molecule has 32 heavy (non-hydrogen) atoms. The van der Waals surface area contributed by atoms with Crippen LogP contribution in [0.2, 0.25) is 0 Å². The standard InChI is InChI=1S/C25H28N2O5/c1-2-3-12-32-25(31)14-4-6-15(7-5-14)26-20(28)10-11-27-23(29)21-16-8-9-17(19-13-18(16)19)22(21)24(27)30/h4-9,16-19,21-22H,2-3,10-13H2,1H3,(H,26,28)/t16-,17-,18-,19-,21-,22+/m0/s1. The van der Waals surface area contributed by atoms with E-state index in [1.54, 1.807) is 24.3 Å². The van der Waals surface area contributed by atoms with Gasteiger partial charge < -0.3 is 10.1 Å². The van der Waals surface area contributed by atoms with Gasteiger partial charge in [-0.15, -0.1) is 0 Å². The van der Waals surface area contributed by atoms with Gasteiger partial charge in [-0.05, 0) is 60.8 Å². The Kier molecular flexibility index (Phi) is 5.35. The topological polar surface area (TPSA) is 92.8 Å². The van der Waals surface area contributed by atoms with Crippen LogP contribution in [0.5, 0.6) is 0 Å². The number of esters is 1. The molecule has 1 aromatic rings. The Labute approximate surface area is 187 Å². The highest BCUT2D eigenvalue weighted by Gasteiger charge is 2.66. The maximum Gasteiger partial charge on any atom is 0.338 e. The summed E-state index contributed by atoms with van der Waals surface area (Å²) in [5.41, 5.74) is 0.978. The molecule has 3 fully saturated rings. The fourth-order valence-corrected chi connectivity index (χ4v) is 5.76. The van der Waals surface area contributed by atoms with Gasteiger partial charge in [0.25, 0.3) is 0 Å². The van der Waals surface area contributed by atoms with E-state index in [0.717, 1.165) is 19.3 Å². The Morgan fingerprint density at radius 3 is 2.25 bits per heavy atom. The second-order valence-corrected chi connectivity index (χ2v) is 9.35. The maximum absolute atomic E-state index is 13.0. The number of nitrogens with one attached hydrogen (secondary N) is 1. The Morgan fingerprint density at radius 1 is 1.03 bits per heavy atom. The van der Waals surface area contributed by atoms with Crippen molar-refractivity contribution in [3.63, 3.8) is 0 Å². The normalized spacial score (nSPS) is 31.3. The molecule has 0 radical (unpaired) electrons. The number of ether oxygens (including phenoxy) is 1. The van der Waals surface area contributed by atoms with E-state index in [4.69, 9.17) is 4.74 Å². The Balaban J connectivity index is 1.14. The highest BCUT2D eigenvalue weighted by atomic mass is 16.5. The van der Waals surface area contributed by atoms with Gasteiger partial charge in [-0.25, -0.2) is 4.79 Å². The first-order valence-electron chi connectivity index (χ1n) is 11.6. The van der Waals surface area contributed by atoms with Gasteiger partial charge in [0.05, 0.1) is 24.0 Å². The van der Waals surface area contributed by atoms with Gasteiger partial charge in [-0.1, -0.05) is 25.5 Å². The molecule has 7 nitrogen and oxygen atoms in total. The Bertz CT molecular complexity index is 949. The Hall–Kier alpha value is -2.96. The minimum absolute atomic E-state index is 0.0490. The largest absolute Gasteiger partial charge is 0.462 e. The van der Waals surface area contributed by atoms with Crippen LogP contribution in [0.1, 0.15) is 43.0 Å². The molecule has 3 amide bonds. The lowest BCUT2D eigenvalue weighted by Gasteiger charge is -2.37. The summed E-state index contributed by atoms with van der Waals surface area (Å²) in [6.07, 6.45) is 7.24. The molecule has 0 aromatic heterocycles. The van der Waals surface area contributed by atoms with Crippen molar-refractivity contribution < 1.29 is 23.9 Å². The van der Waals surface area contributed by atoms with Crippen molar-refractivity contribution in [3.05, 3.63) is 42.0 Å². The van der Waals surface area contributed by atoms with Gasteiger partial charge in [-0.3, -0.25) is 19.3 Å². The van der Waals surface area contributed by atoms with Crippen LogP contribution < -0.4 is 5.32 Å². The van der Waals surface area contributed by atoms with Crippen LogP contribution in [0.3, 0.4) is 0 Å². The lowest BCUT2D eigenvalue weighted by Crippen LogP contribution is -2.40. The lowest BCUT2D eigenvalue weighted by molar-refractivity contribution is -0.140. The zero-order valence-electron chi connectivity index (χ0n) is 18.2. The van der Waals surface area contributed by atoms with E-state index in [2.05, 4.69) is 17.5 Å². The third-order valence-corrected chi connectivity index (χ3v) is 7.45. The number of unbranched alkanes of at least 4 members (excludes halogenated alkanes) is 1. The van der Waals surface area contributed by atoms with E-state index in [0.29, 0.717) is 29.7 Å². The second-order valence-electron chi connectivity index (χ2n) is 9.35. The molecule has 0 unspecified atom stereocenters. The van der Waals surface area contributed by atoms with Crippen LogP contribution in [0, 0.1) is 35.5 Å². The van der Waals surface area contributed by atoms with Crippen LogP contribution >= 0.6 is 0 Å². The highest BCUT2D eigenvalue weighted by Crippen LogP contribution is 2.65. The number of anilines is 1. The monoisotopic (exact) mass is 436 g/mol. The SMILES string of the molecule is CCCCOC(=O)c1ccc(NC(=O)CCN2C(=O)[C@@H]3[C@H]4C=C[C@@H]([C@@H]5C[C@@H]45)[C@@H]3C2=O)cc1. The summed E-state index contributed by atoms with van der Waals surface area (Å²) in [4.78, 5) is 51.6. The van der Waals surface area contributed by atoms with Crippen molar-refractivity contribution in [3.8, 4) is 0 Å². The summed E-state index contributed by atoms with van der Waals surface area (Å²) in [5, 5.41) is 2.77. The third kappa shape index (κ3) is 3.53. The van der Waals surface area contributed by atoms with E-state index in [9.17, 15) is 19.2 Å². The quantitative estimate of drug-likeness (QED) is 0.293. The molecule has 6 rings (SSSR count). The van der Waals surface area contributed by atoms with Crippen molar-refractivity contribution in [2.75, 3.05) is 18.5 Å². The molecule has 7 heteroatoms. The Morgan fingerprint density at radius 2 is 1.66 bits per heavy atom. The fourth-order valence-electron chi connectivity index (χ4n) is 5.76. The number of allylic oxidation sites excluding steroid dienone is 2. The van der Waals surface area contributed by atoms with Gasteiger partial charge >= 0.3 is 5.97 Å². The summed E-state index contributed by atoms with van der Waals surface area (Å²) in [6, 6.07) is 6.50. The molecule has 1 heterocycles. The zero-order chi connectivity index (χ0) is 22.4. The molecular formula is C25H28N2O5. The molecule has 5 aliphatic rings. The van der Waals surface area contributed by atoms with Crippen LogP contribution in [0.25, 0.3) is 0 Å². The lowest BCUT2D eigenvalue weighted by atomic mass is 9.63. The van der Waals surface area contributed by atoms with Crippen molar-refractivity contribution >= 4 is 29.4 Å². The average molecular weight is 437 g/mol. The first-order chi connectivity index (χ1) is 15.5. The molecule has 1 saturated heterocycles. The number of amides is 3. The third-order valence-electron chi connectivity index (χ3n) is 7.45. The van der Waals surface area contributed by atoms with Crippen molar-refractivity contribution in [1.29, 1.82) is 0 Å². The minimum atomic E-state index is -0.384. The van der Waals surface area contributed by atoms with Crippen LogP contribution in [0.15, 0.2) is 36.4 Å². The summed E-state index contributed by atoms with van der Waals surface area (Å²) >= 11 is 0. The zero-order valence-corrected chi connectivity index (χ0v) is 18.2. The number of likely N-dealkylation sites (tertiary alicyclic amines) is 1. The van der Waals surface area contributed by atoms with Crippen molar-refractivity contribution in [1.82, 2.24) is 4.90 Å². The number of hydrogen-bond acceptors (Lipinski definition) is 5. The van der Waals surface area contributed by atoms with Gasteiger partial charge in [0.15, 0.2) is 0 Å². The molecule has 6 atom stereocenters. The number of hydrogen-bond donors (Lipinski definition) is 1. The number of benzene rings is 1. The van der Waals surface area contributed by atoms with Gasteiger partial charge in [-0.2, -0.15) is 0 Å². The van der Waals surface area contributed by atoms with E-state index < -0.39 is 0 Å². The maximum atomic E-state index is 13.0. The second kappa shape index (κ2) is 8.19. The number of carbonyl (C=O) groups excluding carboxylic acids is 4. The number of rotatable bonds is 8. The summed E-state index contributed by atoms with van der Waals surface area (Å²) in [7, 11) is 0. The van der Waals surface area contributed by atoms with Crippen LogP contribution in [-0.2, 0) is 19.1 Å². The molecule has 0 spiro atoms. The minimum Gasteiger partial charge on any atom is -0.462 e. The van der Waals surface area contributed by atoms with E-state index in [-0.39, 0.29) is 60.3 Å². The first-order valence-corrected chi connectivity index (χ1v) is 11.6. The first kappa shape index (κ1) is 20.9. The predicted octanol–water partition coefficient (Wildman–Crippen LogP) is 3.03. The molecule has 1 aliphatic heterocycles. The van der Waals surface area contributed by atoms with Gasteiger partial charge in [0.2, 0.25) is 17.7 Å². The highest BCUT2D eigenvalue weighted by molar-refractivity contribution is 6.06. The van der Waals surface area contributed by atoms with Gasteiger partial charge in [0.1, 0.15) is 0 Å². The number of carbonyl (C=O) groups is 4. The van der Waals surface area contributed by atoms with Crippen molar-refractivity contribution in [2.45, 2.75) is 32.6 Å². The van der Waals surface area contributed by atoms with Crippen molar-refractivity contribution in [2.24, 2.45) is 35.5 Å². The molecule has 168 valence electrons. The molecular weight excluding hydrogens is 408 g/mol. The van der Waals surface area contributed by atoms with E-state index in [1.807, 2.05) is 6.92 Å². The summed E-state index contributed by atoms with van der Waals surface area (Å²) < 4.78 is 5.17. The molecule has 2 bridgehead atoms. The fraction of sp³-hybridized carbons (Fsp3) is 0.520. The average Bonchev–Trinajstić information content (AvgIpc) is 3.57. The molecule has 4 aliphatic carbocycles. The van der Waals surface area contributed by atoms with Crippen LogP contribution in [-0.4, -0.2) is 41.7 Å². The molecule has 1 N–H and O–H groups in total. The number of imide groups is 1. The predicted molar refractivity (Wildman–Crippen MR) is 116 cm³/mol. The smallest absolute Gasteiger partial charge is 0.338 e. The molecule has 1 aromatic carbocycles. The summed E-state index contributed by atoms with van der Waals surface area (Å²) in [5.74, 6) is 0.189.